The number of hydrogen-bond acceptors (Lipinski definition) is 4. The predicted molar refractivity (Wildman–Crippen MR) is 56.1 cm³/mol. The summed E-state index contributed by atoms with van der Waals surface area (Å²) in [5.74, 6) is -0.948. The predicted octanol–water partition coefficient (Wildman–Crippen LogP) is 0.386. The second-order valence-electron chi connectivity index (χ2n) is 3.48. The molecule has 5 nitrogen and oxygen atoms in total. The van der Waals surface area contributed by atoms with Crippen molar-refractivity contribution in [3.8, 4) is 0 Å². The first-order valence-corrected chi connectivity index (χ1v) is 4.88. The van der Waals surface area contributed by atoms with Crippen molar-refractivity contribution in [3.63, 3.8) is 0 Å². The molecule has 0 rings (SSSR count). The van der Waals surface area contributed by atoms with Crippen LogP contribution in [0.4, 0.5) is 0 Å². The number of carboxylic acids is 1. The van der Waals surface area contributed by atoms with Crippen LogP contribution in [0.3, 0.4) is 0 Å². The van der Waals surface area contributed by atoms with Gasteiger partial charge in [-0.05, 0) is 27.2 Å². The maximum absolute atomic E-state index is 10.5. The van der Waals surface area contributed by atoms with Gasteiger partial charge in [-0.25, -0.2) is 4.79 Å². The molecule has 0 spiro atoms. The van der Waals surface area contributed by atoms with Gasteiger partial charge in [-0.15, -0.1) is 0 Å². The van der Waals surface area contributed by atoms with Crippen LogP contribution >= 0.6 is 0 Å². The Morgan fingerprint density at radius 2 is 1.80 bits per heavy atom. The molecule has 0 saturated heterocycles. The largest absolute Gasteiger partial charge is 0.478 e. The van der Waals surface area contributed by atoms with Gasteiger partial charge in [-0.1, -0.05) is 6.08 Å². The quantitative estimate of drug-likeness (QED) is 0.443. The van der Waals surface area contributed by atoms with Crippen LogP contribution in [0.15, 0.2) is 11.6 Å². The standard InChI is InChI=1S/C10H19NO4/c1-7(10(14)15)5-4-6-11(8(2)12)9(3)13/h5,8-9,12-13H,4,6H2,1-3H3,(H,14,15). The molecule has 0 fully saturated rings. The average molecular weight is 217 g/mol. The fraction of sp³-hybridized carbons (Fsp3) is 0.700. The zero-order chi connectivity index (χ0) is 12.0. The molecule has 15 heavy (non-hydrogen) atoms. The highest BCUT2D eigenvalue weighted by Crippen LogP contribution is 2.04. The fourth-order valence-electron chi connectivity index (χ4n) is 1.20. The molecule has 0 aliphatic rings. The number of aliphatic carboxylic acids is 1. The van der Waals surface area contributed by atoms with Crippen molar-refractivity contribution in [3.05, 3.63) is 11.6 Å². The summed E-state index contributed by atoms with van der Waals surface area (Å²) in [6.45, 7) is 5.04. The molecule has 2 atom stereocenters. The van der Waals surface area contributed by atoms with Gasteiger partial charge in [0, 0.05) is 12.1 Å². The van der Waals surface area contributed by atoms with E-state index in [2.05, 4.69) is 0 Å². The molecule has 0 aromatic carbocycles. The number of aliphatic hydroxyl groups is 2. The summed E-state index contributed by atoms with van der Waals surface area (Å²) >= 11 is 0. The molecule has 0 heterocycles. The third kappa shape index (κ3) is 5.51. The van der Waals surface area contributed by atoms with Crippen LogP contribution in [0.5, 0.6) is 0 Å². The molecule has 5 heteroatoms. The van der Waals surface area contributed by atoms with Crippen LogP contribution in [-0.2, 0) is 4.79 Å². The molecule has 0 saturated carbocycles. The van der Waals surface area contributed by atoms with E-state index in [9.17, 15) is 15.0 Å². The summed E-state index contributed by atoms with van der Waals surface area (Å²) in [5.41, 5.74) is 0.270. The van der Waals surface area contributed by atoms with Crippen LogP contribution in [0.25, 0.3) is 0 Å². The Bertz CT molecular complexity index is 228. The van der Waals surface area contributed by atoms with E-state index in [-0.39, 0.29) is 5.57 Å². The van der Waals surface area contributed by atoms with E-state index in [0.29, 0.717) is 13.0 Å². The minimum atomic E-state index is -0.948. The Morgan fingerprint density at radius 3 is 2.13 bits per heavy atom. The number of aliphatic hydroxyl groups excluding tert-OH is 2. The van der Waals surface area contributed by atoms with Crippen LogP contribution in [0, 0.1) is 0 Å². The number of rotatable bonds is 6. The second kappa shape index (κ2) is 6.55. The molecule has 0 bridgehead atoms. The lowest BCUT2D eigenvalue weighted by Crippen LogP contribution is -2.40. The minimum absolute atomic E-state index is 0.270. The summed E-state index contributed by atoms with van der Waals surface area (Å²) in [4.78, 5) is 11.9. The van der Waals surface area contributed by atoms with Crippen molar-refractivity contribution < 1.29 is 20.1 Å². The van der Waals surface area contributed by atoms with E-state index >= 15 is 0 Å². The van der Waals surface area contributed by atoms with Crippen molar-refractivity contribution in [2.75, 3.05) is 6.54 Å². The van der Waals surface area contributed by atoms with Crippen LogP contribution in [0.1, 0.15) is 27.2 Å². The fourth-order valence-corrected chi connectivity index (χ4v) is 1.20. The highest BCUT2D eigenvalue weighted by atomic mass is 16.4. The van der Waals surface area contributed by atoms with Gasteiger partial charge in [0.1, 0.15) is 12.5 Å². The minimum Gasteiger partial charge on any atom is -0.478 e. The highest BCUT2D eigenvalue weighted by Gasteiger charge is 2.14. The average Bonchev–Trinajstić information content (AvgIpc) is 2.10. The number of carboxylic acid groups (broad SMARTS) is 1. The zero-order valence-electron chi connectivity index (χ0n) is 9.34. The van der Waals surface area contributed by atoms with Crippen molar-refractivity contribution >= 4 is 5.97 Å². The van der Waals surface area contributed by atoms with E-state index < -0.39 is 18.4 Å². The van der Waals surface area contributed by atoms with E-state index in [1.54, 1.807) is 19.9 Å². The second-order valence-corrected chi connectivity index (χ2v) is 3.48. The first-order chi connectivity index (χ1) is 6.86. The molecule has 2 unspecified atom stereocenters. The van der Waals surface area contributed by atoms with Gasteiger partial charge >= 0.3 is 5.97 Å². The lowest BCUT2D eigenvalue weighted by molar-refractivity contribution is -0.132. The third-order valence-corrected chi connectivity index (χ3v) is 2.14. The Kier molecular flexibility index (Phi) is 6.15. The van der Waals surface area contributed by atoms with E-state index in [4.69, 9.17) is 5.11 Å². The van der Waals surface area contributed by atoms with Gasteiger partial charge in [0.25, 0.3) is 0 Å². The van der Waals surface area contributed by atoms with E-state index in [1.807, 2.05) is 0 Å². The molecule has 0 radical (unpaired) electrons. The highest BCUT2D eigenvalue weighted by molar-refractivity contribution is 5.85. The van der Waals surface area contributed by atoms with Gasteiger partial charge in [0.2, 0.25) is 0 Å². The maximum atomic E-state index is 10.5. The smallest absolute Gasteiger partial charge is 0.330 e. The van der Waals surface area contributed by atoms with Gasteiger partial charge in [0.15, 0.2) is 0 Å². The summed E-state index contributed by atoms with van der Waals surface area (Å²) in [5, 5.41) is 27.2. The number of hydrogen-bond donors (Lipinski definition) is 3. The molecule has 0 aromatic heterocycles. The number of nitrogens with zero attached hydrogens (tertiary/aromatic N) is 1. The molecular weight excluding hydrogens is 198 g/mol. The molecule has 3 N–H and O–H groups in total. The van der Waals surface area contributed by atoms with Gasteiger partial charge < -0.3 is 15.3 Å². The van der Waals surface area contributed by atoms with Crippen LogP contribution in [0.2, 0.25) is 0 Å². The van der Waals surface area contributed by atoms with Crippen molar-refractivity contribution in [2.45, 2.75) is 39.6 Å². The molecule has 0 aromatic rings. The van der Waals surface area contributed by atoms with Gasteiger partial charge in [0.05, 0.1) is 0 Å². The topological polar surface area (TPSA) is 81.0 Å². The molecule has 0 aliphatic carbocycles. The number of carbonyl (C=O) groups is 1. The molecule has 88 valence electrons. The van der Waals surface area contributed by atoms with Crippen molar-refractivity contribution in [1.82, 2.24) is 4.90 Å². The van der Waals surface area contributed by atoms with Gasteiger partial charge in [-0.3, -0.25) is 4.90 Å². The summed E-state index contributed by atoms with van der Waals surface area (Å²) in [6, 6.07) is 0. The lowest BCUT2D eigenvalue weighted by Gasteiger charge is -2.27. The van der Waals surface area contributed by atoms with Gasteiger partial charge in [-0.2, -0.15) is 0 Å². The Labute approximate surface area is 89.6 Å². The summed E-state index contributed by atoms with van der Waals surface area (Å²) < 4.78 is 0. The molecule has 0 aliphatic heterocycles. The van der Waals surface area contributed by atoms with Crippen molar-refractivity contribution in [2.24, 2.45) is 0 Å². The molecule has 0 amide bonds. The van der Waals surface area contributed by atoms with Crippen molar-refractivity contribution in [1.29, 1.82) is 0 Å². The lowest BCUT2D eigenvalue weighted by atomic mass is 10.2. The summed E-state index contributed by atoms with van der Waals surface area (Å²) in [7, 11) is 0. The Hall–Kier alpha value is -0.910. The Balaban J connectivity index is 4.12. The van der Waals surface area contributed by atoms with Crippen LogP contribution in [-0.4, -0.2) is 45.2 Å². The first kappa shape index (κ1) is 14.1. The monoisotopic (exact) mass is 217 g/mol. The SMILES string of the molecule is CC(=CCCN(C(C)O)C(C)O)C(=O)O. The normalized spacial score (nSPS) is 16.5. The zero-order valence-corrected chi connectivity index (χ0v) is 9.34. The third-order valence-electron chi connectivity index (χ3n) is 2.14. The molecular formula is C10H19NO4. The van der Waals surface area contributed by atoms with Crippen LogP contribution < -0.4 is 0 Å². The van der Waals surface area contributed by atoms with E-state index in [1.165, 1.54) is 11.8 Å². The Morgan fingerprint density at radius 1 is 1.33 bits per heavy atom. The first-order valence-electron chi connectivity index (χ1n) is 4.88. The maximum Gasteiger partial charge on any atom is 0.330 e. The summed E-state index contributed by atoms with van der Waals surface area (Å²) in [6.07, 6.45) is 0.556. The van der Waals surface area contributed by atoms with E-state index in [0.717, 1.165) is 0 Å².